The standard InChI is InChI=1S/C19H14N4O3/c1-2-7-20-10-14-4-5-16-18(26-13-25-16)17(14)23-19-15(11-21-12-22-19)6-9-24-8-3-1/h1-12H,13H2. The fourth-order valence-corrected chi connectivity index (χ4v) is 2.38. The van der Waals surface area contributed by atoms with Gasteiger partial charge in [-0.1, -0.05) is 6.08 Å². The molecule has 3 heterocycles. The molecule has 26 heavy (non-hydrogen) atoms. The van der Waals surface area contributed by atoms with Gasteiger partial charge >= 0.3 is 0 Å². The molecule has 0 radical (unpaired) electrons. The number of benzene rings is 1. The van der Waals surface area contributed by atoms with Crippen LogP contribution < -0.4 is 20.0 Å². The van der Waals surface area contributed by atoms with Crippen molar-refractivity contribution in [3.8, 4) is 11.5 Å². The molecule has 0 atom stereocenters. The van der Waals surface area contributed by atoms with Crippen molar-refractivity contribution >= 4 is 24.3 Å². The molecule has 1 aromatic carbocycles. The molecule has 128 valence electrons. The van der Waals surface area contributed by atoms with E-state index in [0.29, 0.717) is 28.2 Å². The van der Waals surface area contributed by atoms with Gasteiger partial charge in [0.2, 0.25) is 6.79 Å². The lowest BCUT2D eigenvalue weighted by molar-refractivity contribution is 0.173. The number of aromatic nitrogens is 2. The molecule has 7 heteroatoms. The summed E-state index contributed by atoms with van der Waals surface area (Å²) in [6, 6.07) is 3.72. The second-order valence-corrected chi connectivity index (χ2v) is 5.23. The third kappa shape index (κ3) is 3.36. The van der Waals surface area contributed by atoms with E-state index in [4.69, 9.17) is 14.2 Å². The van der Waals surface area contributed by atoms with Crippen molar-refractivity contribution in [2.75, 3.05) is 6.79 Å². The maximum Gasteiger partial charge on any atom is 0.231 e. The van der Waals surface area contributed by atoms with Gasteiger partial charge in [0.25, 0.3) is 0 Å². The molecule has 0 spiro atoms. The molecule has 2 aliphatic rings. The third-order valence-electron chi connectivity index (χ3n) is 3.57. The van der Waals surface area contributed by atoms with E-state index >= 15 is 0 Å². The Hall–Kier alpha value is -3.74. The molecular weight excluding hydrogens is 332 g/mol. The maximum absolute atomic E-state index is 5.60. The Morgan fingerprint density at radius 3 is 3.00 bits per heavy atom. The van der Waals surface area contributed by atoms with Gasteiger partial charge in [-0.15, -0.1) is 0 Å². The number of fused-ring (bicyclic) bond motifs is 4. The summed E-state index contributed by atoms with van der Waals surface area (Å²) in [6.07, 6.45) is 16.7. The first-order chi connectivity index (χ1) is 12.9. The normalized spacial score (nSPS) is 14.9. The molecule has 0 amide bonds. The summed E-state index contributed by atoms with van der Waals surface area (Å²) in [5, 5.41) is 1.39. The molecule has 1 aromatic heterocycles. The van der Waals surface area contributed by atoms with Crippen molar-refractivity contribution in [2.45, 2.75) is 0 Å². The van der Waals surface area contributed by atoms with E-state index in [9.17, 15) is 0 Å². The van der Waals surface area contributed by atoms with Crippen LogP contribution in [0.15, 0.2) is 65.4 Å². The van der Waals surface area contributed by atoms with Crippen LogP contribution in [0, 0.1) is 0 Å². The zero-order valence-corrected chi connectivity index (χ0v) is 13.6. The topological polar surface area (TPSA) is 78.2 Å². The van der Waals surface area contributed by atoms with Crippen molar-refractivity contribution in [2.24, 2.45) is 9.98 Å². The fraction of sp³-hybridized carbons (Fsp3) is 0.0526. The first-order valence-corrected chi connectivity index (χ1v) is 7.86. The van der Waals surface area contributed by atoms with Gasteiger partial charge in [-0.25, -0.2) is 15.0 Å². The van der Waals surface area contributed by atoms with Crippen LogP contribution in [0.2, 0.25) is 0 Å². The first kappa shape index (κ1) is 15.8. The largest absolute Gasteiger partial charge is 0.473 e. The molecular formula is C19H14N4O3. The van der Waals surface area contributed by atoms with Crippen LogP contribution in [0.5, 0.6) is 11.5 Å². The van der Waals surface area contributed by atoms with E-state index < -0.39 is 0 Å². The van der Waals surface area contributed by atoms with E-state index in [1.165, 1.54) is 12.6 Å². The maximum atomic E-state index is 5.60. The Kier molecular flexibility index (Phi) is 4.51. The number of rotatable bonds is 0. The van der Waals surface area contributed by atoms with E-state index in [0.717, 1.165) is 5.22 Å². The fourth-order valence-electron chi connectivity index (χ4n) is 2.38. The van der Waals surface area contributed by atoms with Crippen molar-refractivity contribution in [3.63, 3.8) is 0 Å². The van der Waals surface area contributed by atoms with Gasteiger partial charge in [0.05, 0.1) is 12.5 Å². The minimum absolute atomic E-state index is 0.156. The van der Waals surface area contributed by atoms with E-state index in [2.05, 4.69) is 20.0 Å². The van der Waals surface area contributed by atoms with E-state index in [-0.39, 0.29) is 6.79 Å². The number of hydrogen-bond acceptors (Lipinski definition) is 7. The second kappa shape index (κ2) is 7.43. The molecule has 2 aliphatic heterocycles. The highest BCUT2D eigenvalue weighted by Crippen LogP contribution is 2.27. The molecule has 0 N–H and O–H groups in total. The van der Waals surface area contributed by atoms with Gasteiger partial charge in [-0.2, -0.15) is 0 Å². The quantitative estimate of drug-likeness (QED) is 0.729. The van der Waals surface area contributed by atoms with E-state index in [1.54, 1.807) is 43.1 Å². The van der Waals surface area contributed by atoms with Gasteiger partial charge in [-0.05, 0) is 30.4 Å². The predicted octanol–water partition coefficient (Wildman–Crippen LogP) is 2.04. The van der Waals surface area contributed by atoms with Gasteiger partial charge in [0, 0.05) is 29.4 Å². The molecule has 7 nitrogen and oxygen atoms in total. The van der Waals surface area contributed by atoms with Crippen molar-refractivity contribution in [1.29, 1.82) is 0 Å². The van der Waals surface area contributed by atoms with Gasteiger partial charge in [-0.3, -0.25) is 4.99 Å². The van der Waals surface area contributed by atoms with Gasteiger partial charge in [0.1, 0.15) is 11.7 Å². The number of allylic oxidation sites excluding steroid dienone is 3. The average Bonchev–Trinajstić information content (AvgIpc) is 3.14. The van der Waals surface area contributed by atoms with Crippen molar-refractivity contribution in [3.05, 3.63) is 71.5 Å². The van der Waals surface area contributed by atoms with Crippen LogP contribution in [-0.4, -0.2) is 23.0 Å². The lowest BCUT2D eigenvalue weighted by Gasteiger charge is -2.01. The zero-order valence-electron chi connectivity index (χ0n) is 13.6. The van der Waals surface area contributed by atoms with Crippen LogP contribution in [-0.2, 0) is 4.74 Å². The van der Waals surface area contributed by atoms with Crippen molar-refractivity contribution < 1.29 is 14.2 Å². The molecule has 0 bridgehead atoms. The van der Waals surface area contributed by atoms with Crippen molar-refractivity contribution in [1.82, 2.24) is 9.97 Å². The first-order valence-electron chi connectivity index (χ1n) is 7.86. The summed E-state index contributed by atoms with van der Waals surface area (Å²) in [5.41, 5.74) is 0.706. The van der Waals surface area contributed by atoms with Crippen LogP contribution in [0.4, 0.5) is 5.82 Å². The molecule has 0 fully saturated rings. The summed E-state index contributed by atoms with van der Waals surface area (Å²) in [4.78, 5) is 17.3. The summed E-state index contributed by atoms with van der Waals surface area (Å²) in [6.45, 7) is 0.156. The molecule has 0 unspecified atom stereocenters. The SMILES string of the molecule is C1=CC=NC=c2ccc3c(c2=Nc2ncncc2C=COC=C1)OCO3. The van der Waals surface area contributed by atoms with Gasteiger partial charge < -0.3 is 14.2 Å². The number of hydrogen-bond donors (Lipinski definition) is 0. The molecule has 4 rings (SSSR count). The summed E-state index contributed by atoms with van der Waals surface area (Å²) in [7, 11) is 0. The monoisotopic (exact) mass is 346 g/mol. The molecule has 0 aliphatic carbocycles. The van der Waals surface area contributed by atoms with Crippen LogP contribution in [0.3, 0.4) is 0 Å². The summed E-state index contributed by atoms with van der Waals surface area (Å²) in [5.74, 6) is 1.70. The third-order valence-corrected chi connectivity index (χ3v) is 3.57. The van der Waals surface area contributed by atoms with Crippen LogP contribution in [0.1, 0.15) is 5.56 Å². The number of aliphatic imine (C=N–C) groups is 1. The van der Waals surface area contributed by atoms with Gasteiger partial charge in [0.15, 0.2) is 17.3 Å². The highest BCUT2D eigenvalue weighted by atomic mass is 16.7. The molecule has 0 saturated carbocycles. The highest BCUT2D eigenvalue weighted by molar-refractivity contribution is 5.73. The second-order valence-electron chi connectivity index (χ2n) is 5.23. The zero-order chi connectivity index (χ0) is 17.6. The van der Waals surface area contributed by atoms with Crippen LogP contribution >= 0.6 is 0 Å². The minimum atomic E-state index is 0.156. The predicted molar refractivity (Wildman–Crippen MR) is 96.4 cm³/mol. The summed E-state index contributed by atoms with van der Waals surface area (Å²) >= 11 is 0. The summed E-state index contributed by atoms with van der Waals surface area (Å²) < 4.78 is 16.4. The average molecular weight is 346 g/mol. The Morgan fingerprint density at radius 1 is 1.00 bits per heavy atom. The Morgan fingerprint density at radius 2 is 2.00 bits per heavy atom. The Balaban J connectivity index is 1.97. The lowest BCUT2D eigenvalue weighted by Crippen LogP contribution is -2.25. The number of nitrogens with zero attached hydrogens (tertiary/aromatic N) is 4. The minimum Gasteiger partial charge on any atom is -0.473 e. The van der Waals surface area contributed by atoms with Crippen LogP contribution in [0.25, 0.3) is 12.3 Å². The highest BCUT2D eigenvalue weighted by Gasteiger charge is 2.16. The molecule has 2 aromatic rings. The smallest absolute Gasteiger partial charge is 0.231 e. The Labute approximate surface area is 149 Å². The molecule has 0 saturated heterocycles. The van der Waals surface area contributed by atoms with E-state index in [1.807, 2.05) is 18.2 Å². The Bertz CT molecular complexity index is 1050. The number of ether oxygens (including phenoxy) is 3. The lowest BCUT2D eigenvalue weighted by atomic mass is 10.2.